The zero-order chi connectivity index (χ0) is 14.7. The van der Waals surface area contributed by atoms with E-state index in [0.29, 0.717) is 22.4 Å². The van der Waals surface area contributed by atoms with Crippen LogP contribution in [0.25, 0.3) is 11.3 Å². The van der Waals surface area contributed by atoms with Gasteiger partial charge in [-0.3, -0.25) is 0 Å². The molecule has 0 saturated carbocycles. The molecule has 0 aliphatic carbocycles. The largest absolute Gasteiger partial charge is 0.440 e. The fourth-order valence-electron chi connectivity index (χ4n) is 1.64. The van der Waals surface area contributed by atoms with Crippen molar-refractivity contribution < 1.29 is 4.42 Å². The fourth-order valence-corrected chi connectivity index (χ4v) is 3.39. The highest BCUT2D eigenvalue weighted by Crippen LogP contribution is 2.29. The predicted molar refractivity (Wildman–Crippen MR) is 86.0 cm³/mol. The van der Waals surface area contributed by atoms with E-state index in [4.69, 9.17) is 16.0 Å². The topological polar surface area (TPSA) is 63.8 Å². The maximum absolute atomic E-state index is 5.97. The van der Waals surface area contributed by atoms with E-state index in [1.807, 2.05) is 31.3 Å². The number of oxazole rings is 1. The van der Waals surface area contributed by atoms with Crippen molar-refractivity contribution in [2.24, 2.45) is 0 Å². The molecule has 0 unspecified atom stereocenters. The normalized spacial score (nSPS) is 10.8. The van der Waals surface area contributed by atoms with Crippen molar-refractivity contribution in [1.29, 1.82) is 0 Å². The molecule has 1 N–H and O–H groups in total. The summed E-state index contributed by atoms with van der Waals surface area (Å²) in [6.07, 6.45) is 1.71. The van der Waals surface area contributed by atoms with Gasteiger partial charge < -0.3 is 9.73 Å². The Kier molecular flexibility index (Phi) is 4.42. The number of halogens is 1. The van der Waals surface area contributed by atoms with E-state index in [0.717, 1.165) is 15.0 Å². The number of benzene rings is 1. The standard InChI is InChI=1S/C13H11ClN4OS2/c1-15-12-17-18-13(21-12)20-7-11-16-6-10(19-11)8-3-2-4-9(14)5-8/h2-6H,7H2,1H3,(H,15,17). The van der Waals surface area contributed by atoms with Gasteiger partial charge in [0.05, 0.1) is 11.9 Å². The summed E-state index contributed by atoms with van der Waals surface area (Å²) in [6.45, 7) is 0. The van der Waals surface area contributed by atoms with Gasteiger partial charge in [-0.15, -0.1) is 10.2 Å². The SMILES string of the molecule is CNc1nnc(SCc2ncc(-c3cccc(Cl)c3)o2)s1. The monoisotopic (exact) mass is 338 g/mol. The summed E-state index contributed by atoms with van der Waals surface area (Å²) in [5.41, 5.74) is 0.916. The van der Waals surface area contributed by atoms with Crippen molar-refractivity contribution in [3.05, 3.63) is 41.4 Å². The summed E-state index contributed by atoms with van der Waals surface area (Å²) in [7, 11) is 1.82. The van der Waals surface area contributed by atoms with Crippen LogP contribution in [0.1, 0.15) is 5.89 Å². The summed E-state index contributed by atoms with van der Waals surface area (Å²) < 4.78 is 6.61. The summed E-state index contributed by atoms with van der Waals surface area (Å²) in [6, 6.07) is 7.50. The molecule has 0 atom stereocenters. The molecule has 0 bridgehead atoms. The van der Waals surface area contributed by atoms with Crippen LogP contribution >= 0.6 is 34.7 Å². The lowest BCUT2D eigenvalue weighted by atomic mass is 10.2. The lowest BCUT2D eigenvalue weighted by Gasteiger charge is -1.96. The Balaban J connectivity index is 1.67. The molecule has 0 aliphatic heterocycles. The number of hydrogen-bond donors (Lipinski definition) is 1. The predicted octanol–water partition coefficient (Wildman–Crippen LogP) is 4.18. The lowest BCUT2D eigenvalue weighted by molar-refractivity contribution is 0.530. The zero-order valence-electron chi connectivity index (χ0n) is 11.0. The molecule has 8 heteroatoms. The number of anilines is 1. The molecule has 3 aromatic rings. The van der Waals surface area contributed by atoms with Crippen LogP contribution < -0.4 is 5.32 Å². The molecule has 0 fully saturated rings. The zero-order valence-corrected chi connectivity index (χ0v) is 13.4. The van der Waals surface area contributed by atoms with Crippen LogP contribution in [-0.2, 0) is 5.75 Å². The highest BCUT2D eigenvalue weighted by molar-refractivity contribution is 8.00. The Labute approximate surface area is 134 Å². The Bertz CT molecular complexity index is 743. The highest BCUT2D eigenvalue weighted by Gasteiger charge is 2.09. The molecule has 2 aromatic heterocycles. The third kappa shape index (κ3) is 3.55. The average molecular weight is 339 g/mol. The molecule has 0 radical (unpaired) electrons. The molecule has 1 aromatic carbocycles. The van der Waals surface area contributed by atoms with Crippen molar-refractivity contribution in [3.63, 3.8) is 0 Å². The van der Waals surface area contributed by atoms with Gasteiger partial charge in [0.1, 0.15) is 0 Å². The molecule has 5 nitrogen and oxygen atoms in total. The van der Waals surface area contributed by atoms with Crippen molar-refractivity contribution in [1.82, 2.24) is 15.2 Å². The molecule has 2 heterocycles. The van der Waals surface area contributed by atoms with Crippen molar-refractivity contribution in [2.75, 3.05) is 12.4 Å². The van der Waals surface area contributed by atoms with Gasteiger partial charge in [-0.05, 0) is 12.1 Å². The van der Waals surface area contributed by atoms with Crippen LogP contribution in [0.2, 0.25) is 5.02 Å². The molecule has 0 amide bonds. The fraction of sp³-hybridized carbons (Fsp3) is 0.154. The molecule has 3 rings (SSSR count). The van der Waals surface area contributed by atoms with E-state index >= 15 is 0 Å². The number of rotatable bonds is 5. The minimum atomic E-state index is 0.610. The second-order valence-corrected chi connectivity index (χ2v) is 6.68. The van der Waals surface area contributed by atoms with Crippen molar-refractivity contribution in [3.8, 4) is 11.3 Å². The van der Waals surface area contributed by atoms with Gasteiger partial charge in [0.25, 0.3) is 0 Å². The van der Waals surface area contributed by atoms with Gasteiger partial charge in [0.15, 0.2) is 10.1 Å². The molecule has 0 spiro atoms. The minimum Gasteiger partial charge on any atom is -0.440 e. The maximum Gasteiger partial charge on any atom is 0.206 e. The maximum atomic E-state index is 5.97. The molecular weight excluding hydrogens is 328 g/mol. The van der Waals surface area contributed by atoms with Gasteiger partial charge in [-0.2, -0.15) is 0 Å². The molecule has 0 saturated heterocycles. The first-order chi connectivity index (χ1) is 10.2. The van der Waals surface area contributed by atoms with E-state index in [9.17, 15) is 0 Å². The van der Waals surface area contributed by atoms with Gasteiger partial charge in [0, 0.05) is 17.6 Å². The first-order valence-corrected chi connectivity index (χ1v) is 8.27. The minimum absolute atomic E-state index is 0.610. The first kappa shape index (κ1) is 14.4. The molecular formula is C13H11ClN4OS2. The third-order valence-electron chi connectivity index (χ3n) is 2.60. The van der Waals surface area contributed by atoms with Gasteiger partial charge in [-0.25, -0.2) is 4.98 Å². The summed E-state index contributed by atoms with van der Waals surface area (Å²) in [4.78, 5) is 4.27. The van der Waals surface area contributed by atoms with E-state index in [2.05, 4.69) is 20.5 Å². The highest BCUT2D eigenvalue weighted by atomic mass is 35.5. The number of thioether (sulfide) groups is 1. The Morgan fingerprint density at radius 2 is 2.29 bits per heavy atom. The Morgan fingerprint density at radius 3 is 3.05 bits per heavy atom. The molecule has 21 heavy (non-hydrogen) atoms. The van der Waals surface area contributed by atoms with Crippen molar-refractivity contribution in [2.45, 2.75) is 10.1 Å². The van der Waals surface area contributed by atoms with Crippen LogP contribution in [0, 0.1) is 0 Å². The van der Waals surface area contributed by atoms with Crippen LogP contribution in [-0.4, -0.2) is 22.2 Å². The smallest absolute Gasteiger partial charge is 0.206 e. The summed E-state index contributed by atoms with van der Waals surface area (Å²) in [5, 5.41) is 12.5. The summed E-state index contributed by atoms with van der Waals surface area (Å²) >= 11 is 9.02. The van der Waals surface area contributed by atoms with Gasteiger partial charge in [0.2, 0.25) is 11.0 Å². The molecule has 0 aliphatic rings. The summed E-state index contributed by atoms with van der Waals surface area (Å²) in [5.74, 6) is 1.97. The van der Waals surface area contributed by atoms with Crippen LogP contribution in [0.4, 0.5) is 5.13 Å². The second kappa shape index (κ2) is 6.46. The lowest BCUT2D eigenvalue weighted by Crippen LogP contribution is -1.84. The van der Waals surface area contributed by atoms with Gasteiger partial charge in [-0.1, -0.05) is 46.8 Å². The number of nitrogens with one attached hydrogen (secondary N) is 1. The average Bonchev–Trinajstić information content (AvgIpc) is 3.14. The number of nitrogens with zero attached hydrogens (tertiary/aromatic N) is 3. The third-order valence-corrected chi connectivity index (χ3v) is 4.90. The van der Waals surface area contributed by atoms with E-state index in [-0.39, 0.29) is 0 Å². The van der Waals surface area contributed by atoms with Crippen LogP contribution in [0.3, 0.4) is 0 Å². The van der Waals surface area contributed by atoms with E-state index in [1.165, 1.54) is 11.3 Å². The first-order valence-electron chi connectivity index (χ1n) is 6.09. The van der Waals surface area contributed by atoms with Gasteiger partial charge >= 0.3 is 0 Å². The second-order valence-electron chi connectivity index (χ2n) is 4.04. The quantitative estimate of drug-likeness (QED) is 0.704. The van der Waals surface area contributed by atoms with Crippen LogP contribution in [0.5, 0.6) is 0 Å². The van der Waals surface area contributed by atoms with Crippen molar-refractivity contribution >= 4 is 39.8 Å². The Morgan fingerprint density at radius 1 is 1.38 bits per heavy atom. The van der Waals surface area contributed by atoms with Crippen LogP contribution in [0.15, 0.2) is 39.2 Å². The number of aromatic nitrogens is 3. The number of hydrogen-bond acceptors (Lipinski definition) is 7. The molecule has 108 valence electrons. The van der Waals surface area contributed by atoms with E-state index in [1.54, 1.807) is 18.0 Å². The van der Waals surface area contributed by atoms with E-state index < -0.39 is 0 Å². The Hall–Kier alpha value is -1.57.